The van der Waals surface area contributed by atoms with Crippen molar-refractivity contribution in [3.8, 4) is 22.8 Å². The number of piperazine rings is 1. The quantitative estimate of drug-likeness (QED) is 0.269. The minimum absolute atomic E-state index is 0.0146. The van der Waals surface area contributed by atoms with Crippen molar-refractivity contribution in [2.45, 2.75) is 33.2 Å². The van der Waals surface area contributed by atoms with Gasteiger partial charge in [-0.2, -0.15) is 5.10 Å². The van der Waals surface area contributed by atoms with E-state index in [9.17, 15) is 9.90 Å². The molecule has 1 aliphatic carbocycles. The number of nitrogens with one attached hydrogen (secondary N) is 1. The summed E-state index contributed by atoms with van der Waals surface area (Å²) >= 11 is 0. The fraction of sp³-hybridized carbons (Fsp3) is 0.343. The summed E-state index contributed by atoms with van der Waals surface area (Å²) in [5, 5.41) is 19.8. The van der Waals surface area contributed by atoms with Gasteiger partial charge in [0, 0.05) is 91.2 Å². The molecule has 8 rings (SSSR count). The number of hydrogen-bond acceptors (Lipinski definition) is 6. The summed E-state index contributed by atoms with van der Waals surface area (Å²) in [7, 11) is 1.95. The molecule has 1 amide bonds. The Morgan fingerprint density at radius 2 is 1.91 bits per heavy atom. The number of aromatic amines is 1. The van der Waals surface area contributed by atoms with E-state index in [1.807, 2.05) is 47.1 Å². The first-order chi connectivity index (χ1) is 21.9. The number of aryl methyl sites for hydroxylation is 3. The number of carbonyl (C=O) groups excluding carboxylic acids is 1. The molecule has 1 saturated heterocycles. The van der Waals surface area contributed by atoms with Gasteiger partial charge in [0.2, 0.25) is 0 Å². The summed E-state index contributed by atoms with van der Waals surface area (Å²) in [6.45, 7) is 8.09. The molecule has 10 nitrogen and oxygen atoms in total. The molecule has 0 atom stereocenters. The highest BCUT2D eigenvalue weighted by molar-refractivity contribution is 6.26. The zero-order valence-corrected chi connectivity index (χ0v) is 25.9. The molecule has 1 aliphatic heterocycles. The van der Waals surface area contributed by atoms with Gasteiger partial charge in [0.1, 0.15) is 11.6 Å². The van der Waals surface area contributed by atoms with E-state index < -0.39 is 0 Å². The highest BCUT2D eigenvalue weighted by Crippen LogP contribution is 2.49. The first-order valence-electron chi connectivity index (χ1n) is 15.8. The lowest BCUT2D eigenvalue weighted by Gasteiger charge is -2.35. The zero-order valence-electron chi connectivity index (χ0n) is 25.9. The minimum atomic E-state index is -0.0164. The number of aromatic nitrogens is 5. The van der Waals surface area contributed by atoms with Crippen LogP contribution in [0.15, 0.2) is 55.0 Å². The molecule has 0 spiro atoms. The van der Waals surface area contributed by atoms with Crippen LogP contribution in [0.5, 0.6) is 11.6 Å². The predicted octanol–water partition coefficient (Wildman–Crippen LogP) is 5.26. The average Bonchev–Trinajstić information content (AvgIpc) is 3.72. The standard InChI is InChI=1S/C35H37N7O3/c1-21(2)18-42-28-10-7-22(45-20-30(43)41-14-12-40(13-15-41)29-6-4-5-11-36-29)16-24(28)32-25-17-37-35(44)33(25)31-23(34(32)42)8-9-27-26(31)19-39(3)38-27/h4-7,10-11,16-17,19,21,37,44H,8-9,12-15,18,20H2,1-3H3. The van der Waals surface area contributed by atoms with Crippen molar-refractivity contribution in [1.29, 1.82) is 0 Å². The van der Waals surface area contributed by atoms with Gasteiger partial charge in [0.05, 0.1) is 16.6 Å². The Bertz CT molecular complexity index is 2080. The number of aromatic hydroxyl groups is 1. The highest BCUT2D eigenvalue weighted by Gasteiger charge is 2.30. The van der Waals surface area contributed by atoms with Crippen molar-refractivity contribution in [1.82, 2.24) is 29.2 Å². The molecule has 6 aromatic rings. The van der Waals surface area contributed by atoms with Crippen LogP contribution in [0, 0.1) is 5.92 Å². The first-order valence-corrected chi connectivity index (χ1v) is 15.8. The number of pyridine rings is 1. The van der Waals surface area contributed by atoms with Crippen LogP contribution in [-0.2, 0) is 31.2 Å². The summed E-state index contributed by atoms with van der Waals surface area (Å²) in [6, 6.07) is 12.1. The normalized spacial score (nSPS) is 14.9. The Labute approximate surface area is 260 Å². The van der Waals surface area contributed by atoms with Crippen molar-refractivity contribution in [2.24, 2.45) is 13.0 Å². The number of H-pyrrole nitrogens is 1. The number of benzene rings is 2. The Morgan fingerprint density at radius 1 is 1.07 bits per heavy atom. The van der Waals surface area contributed by atoms with E-state index in [-0.39, 0.29) is 18.4 Å². The SMILES string of the molecule is CC(C)Cn1c2ccc(OCC(=O)N3CCN(c4ccccn4)CC3)cc2c2c3c[nH]c(O)c3c3c(c21)CCc1nn(C)cc1-3. The predicted molar refractivity (Wildman–Crippen MR) is 176 cm³/mol. The highest BCUT2D eigenvalue weighted by atomic mass is 16.5. The molecule has 0 unspecified atom stereocenters. The largest absolute Gasteiger partial charge is 0.494 e. The van der Waals surface area contributed by atoms with Gasteiger partial charge >= 0.3 is 0 Å². The smallest absolute Gasteiger partial charge is 0.260 e. The molecule has 230 valence electrons. The molecule has 2 aromatic carbocycles. The van der Waals surface area contributed by atoms with Gasteiger partial charge in [-0.3, -0.25) is 9.48 Å². The monoisotopic (exact) mass is 603 g/mol. The van der Waals surface area contributed by atoms with Crippen molar-refractivity contribution in [3.05, 3.63) is 66.2 Å². The van der Waals surface area contributed by atoms with E-state index in [1.165, 1.54) is 11.1 Å². The van der Waals surface area contributed by atoms with E-state index in [1.54, 1.807) is 6.20 Å². The number of ether oxygens (including phenoxy) is 1. The number of hydrogen-bond donors (Lipinski definition) is 2. The summed E-state index contributed by atoms with van der Waals surface area (Å²) in [4.78, 5) is 24.8. The summed E-state index contributed by atoms with van der Waals surface area (Å²) < 4.78 is 10.5. The third-order valence-electron chi connectivity index (χ3n) is 9.30. The van der Waals surface area contributed by atoms with E-state index in [0.717, 1.165) is 82.2 Å². The van der Waals surface area contributed by atoms with Gasteiger partial charge in [-0.25, -0.2) is 4.98 Å². The molecular formula is C35H37N7O3. The molecule has 45 heavy (non-hydrogen) atoms. The molecule has 10 heteroatoms. The van der Waals surface area contributed by atoms with Crippen LogP contribution >= 0.6 is 0 Å². The topological polar surface area (TPSA) is 104 Å². The molecule has 0 radical (unpaired) electrons. The number of nitrogens with zero attached hydrogens (tertiary/aromatic N) is 6. The third kappa shape index (κ3) is 4.50. The molecular weight excluding hydrogens is 566 g/mol. The van der Waals surface area contributed by atoms with Gasteiger partial charge in [0.25, 0.3) is 5.91 Å². The number of amides is 1. The van der Waals surface area contributed by atoms with Crippen LogP contribution < -0.4 is 9.64 Å². The van der Waals surface area contributed by atoms with Gasteiger partial charge in [-0.15, -0.1) is 0 Å². The van der Waals surface area contributed by atoms with Gasteiger partial charge in [-0.05, 0) is 54.7 Å². The molecule has 4 aromatic heterocycles. The Morgan fingerprint density at radius 3 is 2.69 bits per heavy atom. The van der Waals surface area contributed by atoms with Crippen molar-refractivity contribution >= 4 is 44.3 Å². The second-order valence-electron chi connectivity index (χ2n) is 12.7. The maximum absolute atomic E-state index is 13.2. The summed E-state index contributed by atoms with van der Waals surface area (Å²) in [5.74, 6) is 2.19. The van der Waals surface area contributed by atoms with Crippen molar-refractivity contribution < 1.29 is 14.6 Å². The fourth-order valence-corrected chi connectivity index (χ4v) is 7.37. The Kier molecular flexibility index (Phi) is 6.47. The van der Waals surface area contributed by atoms with Gasteiger partial charge < -0.3 is 29.2 Å². The van der Waals surface area contributed by atoms with E-state index in [2.05, 4.69) is 51.6 Å². The number of rotatable bonds is 6. The van der Waals surface area contributed by atoms with Crippen LogP contribution in [0.3, 0.4) is 0 Å². The van der Waals surface area contributed by atoms with E-state index in [0.29, 0.717) is 24.8 Å². The molecule has 5 heterocycles. The van der Waals surface area contributed by atoms with Crippen molar-refractivity contribution in [3.63, 3.8) is 0 Å². The van der Waals surface area contributed by atoms with Crippen LogP contribution in [0.25, 0.3) is 43.7 Å². The van der Waals surface area contributed by atoms with E-state index >= 15 is 0 Å². The van der Waals surface area contributed by atoms with Crippen LogP contribution in [0.2, 0.25) is 0 Å². The first kappa shape index (κ1) is 27.6. The second kappa shape index (κ2) is 10.6. The third-order valence-corrected chi connectivity index (χ3v) is 9.30. The minimum Gasteiger partial charge on any atom is -0.494 e. The molecule has 0 bridgehead atoms. The zero-order chi connectivity index (χ0) is 30.8. The summed E-state index contributed by atoms with van der Waals surface area (Å²) in [6.07, 6.45) is 7.48. The van der Waals surface area contributed by atoms with Gasteiger partial charge in [-0.1, -0.05) is 19.9 Å². The second-order valence-corrected chi connectivity index (χ2v) is 12.7. The maximum atomic E-state index is 13.2. The number of carbonyl (C=O) groups is 1. The molecule has 2 aliphatic rings. The lowest BCUT2D eigenvalue weighted by molar-refractivity contribution is -0.133. The van der Waals surface area contributed by atoms with Crippen LogP contribution in [-0.4, -0.2) is 73.0 Å². The molecule has 2 N–H and O–H groups in total. The van der Waals surface area contributed by atoms with Gasteiger partial charge in [0.15, 0.2) is 12.5 Å². The lowest BCUT2D eigenvalue weighted by Crippen LogP contribution is -2.50. The summed E-state index contributed by atoms with van der Waals surface area (Å²) in [5.41, 5.74) is 6.79. The Balaban J connectivity index is 1.16. The van der Waals surface area contributed by atoms with Crippen LogP contribution in [0.4, 0.5) is 5.82 Å². The average molecular weight is 604 g/mol. The molecule has 1 fully saturated rings. The molecule has 0 saturated carbocycles. The maximum Gasteiger partial charge on any atom is 0.260 e. The lowest BCUT2D eigenvalue weighted by atomic mass is 9.85. The van der Waals surface area contributed by atoms with E-state index in [4.69, 9.17) is 9.84 Å². The van der Waals surface area contributed by atoms with Crippen molar-refractivity contribution in [2.75, 3.05) is 37.7 Å². The Hall–Kier alpha value is -4.99. The number of fused-ring (bicyclic) bond motifs is 10. The van der Waals surface area contributed by atoms with Crippen LogP contribution in [0.1, 0.15) is 25.1 Å². The number of anilines is 1. The fourth-order valence-electron chi connectivity index (χ4n) is 7.37.